The molecule has 0 spiro atoms. The SMILES string of the molecule is Cc1cccc(NCc2ccc(OC(C)C)cc2)c1C. The standard InChI is InChI=1S/C18H23NO/c1-13(2)20-17-10-8-16(9-11-17)12-19-18-7-5-6-14(3)15(18)4/h5-11,13,19H,12H2,1-4H3. The smallest absolute Gasteiger partial charge is 0.119 e. The molecule has 1 N–H and O–H groups in total. The Hall–Kier alpha value is -1.96. The lowest BCUT2D eigenvalue weighted by Gasteiger charge is -2.13. The zero-order valence-electron chi connectivity index (χ0n) is 12.7. The lowest BCUT2D eigenvalue weighted by molar-refractivity contribution is 0.242. The number of hydrogen-bond acceptors (Lipinski definition) is 2. The minimum absolute atomic E-state index is 0.217. The number of ether oxygens (including phenoxy) is 1. The molecule has 0 aliphatic heterocycles. The molecule has 0 unspecified atom stereocenters. The Morgan fingerprint density at radius 2 is 1.70 bits per heavy atom. The van der Waals surface area contributed by atoms with Gasteiger partial charge in [-0.25, -0.2) is 0 Å². The predicted molar refractivity (Wildman–Crippen MR) is 85.4 cm³/mol. The van der Waals surface area contributed by atoms with Crippen LogP contribution in [0.4, 0.5) is 5.69 Å². The van der Waals surface area contributed by atoms with E-state index in [4.69, 9.17) is 4.74 Å². The summed E-state index contributed by atoms with van der Waals surface area (Å²) in [6.07, 6.45) is 0.217. The van der Waals surface area contributed by atoms with Crippen LogP contribution < -0.4 is 10.1 Å². The summed E-state index contributed by atoms with van der Waals surface area (Å²) >= 11 is 0. The quantitative estimate of drug-likeness (QED) is 0.849. The van der Waals surface area contributed by atoms with Crippen molar-refractivity contribution in [2.75, 3.05) is 5.32 Å². The van der Waals surface area contributed by atoms with Crippen LogP contribution in [0.1, 0.15) is 30.5 Å². The van der Waals surface area contributed by atoms with Gasteiger partial charge in [-0.3, -0.25) is 0 Å². The van der Waals surface area contributed by atoms with Gasteiger partial charge in [0.1, 0.15) is 5.75 Å². The average Bonchev–Trinajstić information content (AvgIpc) is 2.41. The molecule has 0 bridgehead atoms. The first kappa shape index (κ1) is 14.4. The minimum Gasteiger partial charge on any atom is -0.491 e. The van der Waals surface area contributed by atoms with Crippen molar-refractivity contribution in [1.82, 2.24) is 0 Å². The first-order chi connectivity index (χ1) is 9.56. The first-order valence-electron chi connectivity index (χ1n) is 7.12. The number of anilines is 1. The van der Waals surface area contributed by atoms with Gasteiger partial charge in [0.2, 0.25) is 0 Å². The number of aryl methyl sites for hydroxylation is 1. The highest BCUT2D eigenvalue weighted by molar-refractivity contribution is 5.53. The van der Waals surface area contributed by atoms with E-state index in [9.17, 15) is 0 Å². The van der Waals surface area contributed by atoms with Crippen molar-refractivity contribution >= 4 is 5.69 Å². The van der Waals surface area contributed by atoms with Gasteiger partial charge in [-0.15, -0.1) is 0 Å². The summed E-state index contributed by atoms with van der Waals surface area (Å²) < 4.78 is 5.65. The normalized spacial score (nSPS) is 10.7. The molecule has 0 saturated carbocycles. The summed E-state index contributed by atoms with van der Waals surface area (Å²) in [5.41, 5.74) is 5.08. The van der Waals surface area contributed by atoms with Crippen molar-refractivity contribution in [2.45, 2.75) is 40.3 Å². The highest BCUT2D eigenvalue weighted by Gasteiger charge is 2.01. The lowest BCUT2D eigenvalue weighted by atomic mass is 10.1. The van der Waals surface area contributed by atoms with E-state index < -0.39 is 0 Å². The maximum absolute atomic E-state index is 5.65. The fourth-order valence-corrected chi connectivity index (χ4v) is 2.10. The van der Waals surface area contributed by atoms with E-state index in [-0.39, 0.29) is 6.10 Å². The molecular weight excluding hydrogens is 246 g/mol. The second-order valence-electron chi connectivity index (χ2n) is 5.41. The number of benzene rings is 2. The molecule has 0 aromatic heterocycles. The van der Waals surface area contributed by atoms with E-state index in [1.165, 1.54) is 22.4 Å². The Kier molecular flexibility index (Phi) is 4.67. The van der Waals surface area contributed by atoms with Gasteiger partial charge in [0.15, 0.2) is 0 Å². The monoisotopic (exact) mass is 269 g/mol. The third-order valence-corrected chi connectivity index (χ3v) is 3.38. The Morgan fingerprint density at radius 1 is 1.00 bits per heavy atom. The molecule has 0 fully saturated rings. The Balaban J connectivity index is 1.99. The molecule has 0 radical (unpaired) electrons. The van der Waals surface area contributed by atoms with E-state index in [0.29, 0.717) is 0 Å². The third-order valence-electron chi connectivity index (χ3n) is 3.38. The van der Waals surface area contributed by atoms with Gasteiger partial charge in [0, 0.05) is 12.2 Å². The van der Waals surface area contributed by atoms with E-state index >= 15 is 0 Å². The summed E-state index contributed by atoms with van der Waals surface area (Å²) in [7, 11) is 0. The molecule has 0 amide bonds. The second-order valence-corrected chi connectivity index (χ2v) is 5.41. The molecule has 2 nitrogen and oxygen atoms in total. The van der Waals surface area contributed by atoms with Gasteiger partial charge in [0.25, 0.3) is 0 Å². The number of hydrogen-bond donors (Lipinski definition) is 1. The molecule has 0 heterocycles. The summed E-state index contributed by atoms with van der Waals surface area (Å²) in [5.74, 6) is 0.926. The van der Waals surface area contributed by atoms with Crippen LogP contribution in [0, 0.1) is 13.8 Å². The molecule has 2 aromatic rings. The van der Waals surface area contributed by atoms with Crippen molar-refractivity contribution in [3.63, 3.8) is 0 Å². The summed E-state index contributed by atoms with van der Waals surface area (Å²) in [5, 5.41) is 3.49. The van der Waals surface area contributed by atoms with E-state index in [2.05, 4.69) is 49.5 Å². The molecule has 2 rings (SSSR count). The fraction of sp³-hybridized carbons (Fsp3) is 0.333. The van der Waals surface area contributed by atoms with Gasteiger partial charge in [-0.2, -0.15) is 0 Å². The predicted octanol–water partition coefficient (Wildman–Crippen LogP) is 4.70. The molecular formula is C18H23NO. The Bertz CT molecular complexity index is 558. The highest BCUT2D eigenvalue weighted by Crippen LogP contribution is 2.19. The van der Waals surface area contributed by atoms with Crippen LogP contribution in [0.5, 0.6) is 5.75 Å². The van der Waals surface area contributed by atoms with Crippen LogP contribution in [0.2, 0.25) is 0 Å². The molecule has 0 atom stereocenters. The number of nitrogens with one attached hydrogen (secondary N) is 1. The summed E-state index contributed by atoms with van der Waals surface area (Å²) in [4.78, 5) is 0. The zero-order chi connectivity index (χ0) is 14.5. The zero-order valence-corrected chi connectivity index (χ0v) is 12.7. The maximum Gasteiger partial charge on any atom is 0.119 e. The maximum atomic E-state index is 5.65. The van der Waals surface area contributed by atoms with E-state index in [1.54, 1.807) is 0 Å². The molecule has 0 saturated heterocycles. The van der Waals surface area contributed by atoms with E-state index in [1.807, 2.05) is 26.0 Å². The topological polar surface area (TPSA) is 21.3 Å². The van der Waals surface area contributed by atoms with Crippen LogP contribution in [0.25, 0.3) is 0 Å². The van der Waals surface area contributed by atoms with E-state index in [0.717, 1.165) is 12.3 Å². The van der Waals surface area contributed by atoms with Crippen molar-refractivity contribution in [2.24, 2.45) is 0 Å². The summed E-state index contributed by atoms with van der Waals surface area (Å²) in [6, 6.07) is 14.6. The van der Waals surface area contributed by atoms with Crippen LogP contribution >= 0.6 is 0 Å². The van der Waals surface area contributed by atoms with Crippen molar-refractivity contribution in [1.29, 1.82) is 0 Å². The van der Waals surface area contributed by atoms with Crippen LogP contribution in [0.15, 0.2) is 42.5 Å². The number of rotatable bonds is 5. The van der Waals surface area contributed by atoms with Crippen molar-refractivity contribution in [3.8, 4) is 5.75 Å². The van der Waals surface area contributed by atoms with Crippen LogP contribution in [-0.2, 0) is 6.54 Å². The van der Waals surface area contributed by atoms with Crippen molar-refractivity contribution in [3.05, 3.63) is 59.2 Å². The Labute approximate surface area is 121 Å². The molecule has 0 aliphatic rings. The lowest BCUT2D eigenvalue weighted by Crippen LogP contribution is -2.06. The molecule has 2 aromatic carbocycles. The van der Waals surface area contributed by atoms with Crippen LogP contribution in [0.3, 0.4) is 0 Å². The molecule has 106 valence electrons. The van der Waals surface area contributed by atoms with Gasteiger partial charge in [-0.1, -0.05) is 24.3 Å². The average molecular weight is 269 g/mol. The molecule has 2 heteroatoms. The highest BCUT2D eigenvalue weighted by atomic mass is 16.5. The van der Waals surface area contributed by atoms with Gasteiger partial charge >= 0.3 is 0 Å². The van der Waals surface area contributed by atoms with Gasteiger partial charge in [0.05, 0.1) is 6.10 Å². The van der Waals surface area contributed by atoms with Crippen molar-refractivity contribution < 1.29 is 4.74 Å². The van der Waals surface area contributed by atoms with Gasteiger partial charge < -0.3 is 10.1 Å². The second kappa shape index (κ2) is 6.47. The third kappa shape index (κ3) is 3.77. The van der Waals surface area contributed by atoms with Crippen LogP contribution in [-0.4, -0.2) is 6.10 Å². The minimum atomic E-state index is 0.217. The summed E-state index contributed by atoms with van der Waals surface area (Å²) in [6.45, 7) is 9.19. The molecule has 20 heavy (non-hydrogen) atoms. The molecule has 0 aliphatic carbocycles. The fourth-order valence-electron chi connectivity index (χ4n) is 2.10. The Morgan fingerprint density at radius 3 is 2.35 bits per heavy atom. The largest absolute Gasteiger partial charge is 0.491 e. The first-order valence-corrected chi connectivity index (χ1v) is 7.12. The van der Waals surface area contributed by atoms with Gasteiger partial charge in [-0.05, 0) is 62.6 Å².